The number of aromatic amines is 1. The summed E-state index contributed by atoms with van der Waals surface area (Å²) in [6.07, 6.45) is -1.64. The molecule has 0 saturated heterocycles. The number of ether oxygens (including phenoxy) is 1. The zero-order valence-corrected chi connectivity index (χ0v) is 7.51. The molecule has 0 radical (unpaired) electrons. The van der Waals surface area contributed by atoms with Crippen LogP contribution in [0, 0.1) is 0 Å². The van der Waals surface area contributed by atoms with Crippen molar-refractivity contribution in [1.82, 2.24) is 4.98 Å². The van der Waals surface area contributed by atoms with Crippen LogP contribution in [0.5, 0.6) is 5.75 Å². The number of pyridine rings is 1. The number of H-pyrrole nitrogens is 1. The molecule has 0 aliphatic carbocycles. The van der Waals surface area contributed by atoms with E-state index in [0.717, 1.165) is 0 Å². The topological polar surface area (TPSA) is 68.1 Å². The minimum Gasteiger partial charge on any atom is -0.491 e. The number of hydrogen-bond donors (Lipinski definition) is 2. The van der Waals surface area contributed by atoms with Crippen molar-refractivity contribution in [2.75, 3.05) is 7.11 Å². The summed E-state index contributed by atoms with van der Waals surface area (Å²) in [4.78, 5) is 13.8. The Morgan fingerprint density at radius 2 is 2.29 bits per heavy atom. The van der Waals surface area contributed by atoms with Crippen LogP contribution in [0.15, 0.2) is 11.0 Å². The van der Waals surface area contributed by atoms with E-state index in [2.05, 4.69) is 9.72 Å². The monoisotopic (exact) mass is 204 g/mol. The zero-order chi connectivity index (χ0) is 10.7. The Bertz CT molecular complexity index is 376. The van der Waals surface area contributed by atoms with E-state index >= 15 is 0 Å². The van der Waals surface area contributed by atoms with Gasteiger partial charge >= 0.3 is 0 Å². The summed E-state index contributed by atoms with van der Waals surface area (Å²) in [5.74, 6) is -0.141. The first-order valence-electron chi connectivity index (χ1n) is 3.88. The van der Waals surface area contributed by atoms with Crippen LogP contribution in [0.3, 0.4) is 0 Å². The van der Waals surface area contributed by atoms with Gasteiger partial charge in [0.1, 0.15) is 0 Å². The van der Waals surface area contributed by atoms with Gasteiger partial charge in [-0.15, -0.1) is 0 Å². The summed E-state index contributed by atoms with van der Waals surface area (Å²) >= 11 is 0. The minimum atomic E-state index is -2.85. The number of nitrogens with one attached hydrogen (secondary N) is 1. The molecule has 78 valence electrons. The summed E-state index contributed by atoms with van der Waals surface area (Å²) in [6, 6.07) is 0. The lowest BCUT2D eigenvalue weighted by Crippen LogP contribution is -2.18. The fourth-order valence-corrected chi connectivity index (χ4v) is 1.12. The zero-order valence-electron chi connectivity index (χ0n) is 7.51. The fraction of sp³-hybridized carbons (Fsp3) is 0.375. The molecule has 0 aromatic carbocycles. The van der Waals surface area contributed by atoms with Crippen LogP contribution in [0.25, 0.3) is 0 Å². The van der Waals surface area contributed by atoms with Gasteiger partial charge in [0, 0.05) is 18.4 Å². The largest absolute Gasteiger partial charge is 0.491 e. The lowest BCUT2D eigenvalue weighted by molar-refractivity contribution is 0.148. The van der Waals surface area contributed by atoms with E-state index in [1.807, 2.05) is 0 Å². The predicted molar refractivity (Wildman–Crippen MR) is 46.5 cm³/mol. The fourth-order valence-electron chi connectivity index (χ4n) is 1.12. The third kappa shape index (κ3) is 1.74. The first-order valence-corrected chi connectivity index (χ1v) is 3.88. The van der Waals surface area contributed by atoms with E-state index in [1.165, 1.54) is 13.3 Å². The summed E-state index contributed by atoms with van der Waals surface area (Å²) in [6.45, 7) is -0.140. The van der Waals surface area contributed by atoms with E-state index < -0.39 is 17.4 Å². The molecule has 0 fully saturated rings. The SMILES string of the molecule is COc1c[nH]c(CN)c(C(F)F)c1=O. The molecule has 0 saturated carbocycles. The first kappa shape index (κ1) is 10.6. The second kappa shape index (κ2) is 4.19. The molecule has 14 heavy (non-hydrogen) atoms. The van der Waals surface area contributed by atoms with Crippen LogP contribution in [0.4, 0.5) is 8.78 Å². The average Bonchev–Trinajstić information content (AvgIpc) is 2.16. The van der Waals surface area contributed by atoms with Gasteiger partial charge in [-0.25, -0.2) is 8.78 Å². The molecule has 3 N–H and O–H groups in total. The highest BCUT2D eigenvalue weighted by atomic mass is 19.3. The molecule has 1 aromatic heterocycles. The van der Waals surface area contributed by atoms with Crippen LogP contribution in [0.1, 0.15) is 17.7 Å². The Morgan fingerprint density at radius 3 is 2.71 bits per heavy atom. The van der Waals surface area contributed by atoms with Gasteiger partial charge in [0.25, 0.3) is 6.43 Å². The van der Waals surface area contributed by atoms with Gasteiger partial charge in [-0.3, -0.25) is 4.79 Å². The second-order valence-electron chi connectivity index (χ2n) is 2.58. The molecule has 1 heterocycles. The minimum absolute atomic E-state index is 0.0331. The normalized spacial score (nSPS) is 10.6. The average molecular weight is 204 g/mol. The molecular formula is C8H10F2N2O2. The number of nitrogens with two attached hydrogens (primary N) is 1. The van der Waals surface area contributed by atoms with Crippen molar-refractivity contribution < 1.29 is 13.5 Å². The number of halogens is 2. The third-order valence-electron chi connectivity index (χ3n) is 1.81. The Hall–Kier alpha value is -1.43. The first-order chi connectivity index (χ1) is 6.61. The highest BCUT2D eigenvalue weighted by Gasteiger charge is 2.19. The number of rotatable bonds is 3. The lowest BCUT2D eigenvalue weighted by atomic mass is 10.2. The smallest absolute Gasteiger partial charge is 0.269 e. The summed E-state index contributed by atoms with van der Waals surface area (Å²) in [7, 11) is 1.24. The van der Waals surface area contributed by atoms with Crippen molar-refractivity contribution in [3.63, 3.8) is 0 Å². The molecule has 0 bridgehead atoms. The number of methoxy groups -OCH3 is 1. The summed E-state index contributed by atoms with van der Waals surface area (Å²) in [5.41, 5.74) is 3.80. The van der Waals surface area contributed by atoms with E-state index in [1.54, 1.807) is 0 Å². The molecule has 0 spiro atoms. The Balaban J connectivity index is 3.39. The van der Waals surface area contributed by atoms with Gasteiger partial charge < -0.3 is 15.5 Å². The second-order valence-corrected chi connectivity index (χ2v) is 2.58. The molecule has 1 aromatic rings. The van der Waals surface area contributed by atoms with Crippen LogP contribution < -0.4 is 15.9 Å². The van der Waals surface area contributed by atoms with E-state index in [9.17, 15) is 13.6 Å². The molecule has 1 rings (SSSR count). The van der Waals surface area contributed by atoms with Crippen molar-refractivity contribution in [2.45, 2.75) is 13.0 Å². The highest BCUT2D eigenvalue weighted by molar-refractivity contribution is 5.30. The molecule has 4 nitrogen and oxygen atoms in total. The van der Waals surface area contributed by atoms with Gasteiger partial charge in [0.05, 0.1) is 12.7 Å². The number of alkyl halides is 2. The molecular weight excluding hydrogens is 194 g/mol. The quantitative estimate of drug-likeness (QED) is 0.764. The number of aromatic nitrogens is 1. The molecule has 0 aliphatic heterocycles. The van der Waals surface area contributed by atoms with Crippen molar-refractivity contribution in [3.8, 4) is 5.75 Å². The molecule has 0 unspecified atom stereocenters. The van der Waals surface area contributed by atoms with Crippen LogP contribution in [0.2, 0.25) is 0 Å². The van der Waals surface area contributed by atoms with Crippen molar-refractivity contribution >= 4 is 0 Å². The maximum Gasteiger partial charge on any atom is 0.269 e. The third-order valence-corrected chi connectivity index (χ3v) is 1.81. The van der Waals surface area contributed by atoms with Crippen LogP contribution >= 0.6 is 0 Å². The summed E-state index contributed by atoms with van der Waals surface area (Å²) in [5, 5.41) is 0. The summed E-state index contributed by atoms with van der Waals surface area (Å²) < 4.78 is 29.5. The maximum atomic E-state index is 12.5. The maximum absolute atomic E-state index is 12.5. The van der Waals surface area contributed by atoms with E-state index in [-0.39, 0.29) is 18.0 Å². The predicted octanol–water partition coefficient (Wildman–Crippen LogP) is 0.780. The highest BCUT2D eigenvalue weighted by Crippen LogP contribution is 2.19. The molecule has 6 heteroatoms. The molecule has 0 amide bonds. The van der Waals surface area contributed by atoms with Gasteiger partial charge in [-0.2, -0.15) is 0 Å². The van der Waals surface area contributed by atoms with Gasteiger partial charge in [-0.05, 0) is 0 Å². The van der Waals surface area contributed by atoms with Crippen molar-refractivity contribution in [3.05, 3.63) is 27.7 Å². The van der Waals surface area contributed by atoms with E-state index in [4.69, 9.17) is 5.73 Å². The van der Waals surface area contributed by atoms with Crippen LogP contribution in [-0.2, 0) is 6.54 Å². The Labute approximate surface area is 78.7 Å². The number of hydrogen-bond acceptors (Lipinski definition) is 3. The van der Waals surface area contributed by atoms with Crippen LogP contribution in [-0.4, -0.2) is 12.1 Å². The lowest BCUT2D eigenvalue weighted by Gasteiger charge is -2.07. The molecule has 0 aliphatic rings. The molecule has 0 atom stereocenters. The van der Waals surface area contributed by atoms with Gasteiger partial charge in [-0.1, -0.05) is 0 Å². The standard InChI is InChI=1S/C8H10F2N2O2/c1-14-5-3-12-4(2-11)6(7(5)13)8(9)10/h3,8H,2,11H2,1H3,(H,12,13). The Morgan fingerprint density at radius 1 is 1.64 bits per heavy atom. The van der Waals surface area contributed by atoms with Crippen molar-refractivity contribution in [2.24, 2.45) is 5.73 Å². The Kier molecular flexibility index (Phi) is 3.19. The van der Waals surface area contributed by atoms with Crippen molar-refractivity contribution in [1.29, 1.82) is 0 Å². The van der Waals surface area contributed by atoms with Gasteiger partial charge in [0.2, 0.25) is 5.43 Å². The van der Waals surface area contributed by atoms with Gasteiger partial charge in [0.15, 0.2) is 5.75 Å². The van der Waals surface area contributed by atoms with E-state index in [0.29, 0.717) is 0 Å².